The maximum Gasteiger partial charge on any atom is 2.00 e. The Kier molecular flexibility index (Phi) is 40.7. The van der Waals surface area contributed by atoms with Crippen molar-refractivity contribution in [3.05, 3.63) is 0 Å². The molecule has 0 fully saturated rings. The van der Waals surface area contributed by atoms with Gasteiger partial charge in [0.2, 0.25) is 0 Å². The molecule has 0 atom stereocenters. The van der Waals surface area contributed by atoms with Crippen LogP contribution in [-0.2, 0) is 43.3 Å². The van der Waals surface area contributed by atoms with E-state index in [1.165, 1.54) is 0 Å². The molecule has 0 aromatic heterocycles. The van der Waals surface area contributed by atoms with Crippen molar-refractivity contribution in [1.29, 1.82) is 0 Å². The summed E-state index contributed by atoms with van der Waals surface area (Å²) in [5, 5.41) is 0. The Morgan fingerprint density at radius 3 is 0.714 bits per heavy atom. The van der Waals surface area contributed by atoms with Gasteiger partial charge >= 0.3 is 82.6 Å². The number of phosphoric acid groups is 2. The number of hydrogen-bond donors (Lipinski definition) is 0. The normalized spacial score (nSPS) is 8.43. The van der Waals surface area contributed by atoms with Gasteiger partial charge in [0.25, 0.3) is 0 Å². The molecule has 0 bridgehead atoms. The smallest absolute Gasteiger partial charge is 0.822 e. The van der Waals surface area contributed by atoms with Crippen LogP contribution in [0.1, 0.15) is 0 Å². The van der Waals surface area contributed by atoms with E-state index in [4.69, 9.17) is 38.5 Å². The second-order valence-electron chi connectivity index (χ2n) is 0.894. The largest absolute Gasteiger partial charge is 2.00 e. The molecular weight excluding hydrogens is 331 g/mol. The van der Waals surface area contributed by atoms with Crippen molar-refractivity contribution in [2.24, 2.45) is 0 Å². The molecule has 0 N–H and O–H groups in total. The fourth-order valence-electron chi connectivity index (χ4n) is 0. The van der Waals surface area contributed by atoms with Crippen LogP contribution in [0.25, 0.3) is 0 Å². The van der Waals surface area contributed by atoms with Crippen molar-refractivity contribution in [3.63, 3.8) is 0 Å². The maximum atomic E-state index is 8.55. The fraction of sp³-hybridized carbons (Fsp3) is 0. The number of rotatable bonds is 0. The van der Waals surface area contributed by atoms with E-state index in [-0.39, 0.29) is 82.6 Å². The van der Waals surface area contributed by atoms with Crippen molar-refractivity contribution >= 4 is 15.6 Å². The van der Waals surface area contributed by atoms with Gasteiger partial charge in [0, 0.05) is 0 Å². The zero-order valence-electron chi connectivity index (χ0n) is 6.89. The molecule has 0 spiro atoms. The van der Waals surface area contributed by atoms with Gasteiger partial charge in [-0.1, -0.05) is 0 Å². The molecule has 0 unspecified atom stereocenters. The molecule has 0 aliphatic heterocycles. The molecule has 0 saturated heterocycles. The minimum atomic E-state index is -5.39. The van der Waals surface area contributed by atoms with Gasteiger partial charge in [-0.15, -0.1) is 0 Å². The van der Waals surface area contributed by atoms with Crippen LogP contribution in [0.4, 0.5) is 0 Å². The Balaban J connectivity index is -0.0000000178. The zero-order chi connectivity index (χ0) is 9.00. The average Bonchev–Trinajstić information content (AvgIpc) is 1.12. The van der Waals surface area contributed by atoms with Gasteiger partial charge < -0.3 is 38.5 Å². The van der Waals surface area contributed by atoms with Crippen LogP contribution < -0.4 is 77.8 Å². The Hall–Kier alpha value is 2.86. The molecule has 0 saturated carbocycles. The van der Waals surface area contributed by atoms with Crippen molar-refractivity contribution in [1.82, 2.24) is 0 Å². The summed E-state index contributed by atoms with van der Waals surface area (Å²) < 4.78 is 17.1. The number of hydrogen-bond acceptors (Lipinski definition) is 8. The molecule has 14 heavy (non-hydrogen) atoms. The standard InChI is InChI=1S/Fe.Li.Mn.Na.2H3O4P/c;;;;2*1-5(2,3)4/h;;;;2*(H3,1,2,3,4)/q+2;+1;+2;+1;;/p-6. The zero-order valence-corrected chi connectivity index (χ0v) is 13.0. The van der Waals surface area contributed by atoms with E-state index in [1.54, 1.807) is 0 Å². The van der Waals surface area contributed by atoms with Gasteiger partial charge in [-0.3, -0.25) is 0 Å². The minimum absolute atomic E-state index is 0. The summed E-state index contributed by atoms with van der Waals surface area (Å²) in [6.07, 6.45) is 0. The second-order valence-corrected chi connectivity index (χ2v) is 2.68. The molecule has 0 aromatic carbocycles. The van der Waals surface area contributed by atoms with E-state index in [2.05, 4.69) is 0 Å². The maximum absolute atomic E-state index is 8.55. The van der Waals surface area contributed by atoms with Crippen LogP contribution in [0.5, 0.6) is 0 Å². The molecule has 0 aliphatic carbocycles. The van der Waals surface area contributed by atoms with Crippen molar-refractivity contribution in [3.8, 4) is 0 Å². The first kappa shape index (κ1) is 36.0. The molecule has 0 aromatic rings. The molecule has 14 heteroatoms. The average molecular weight is 331 g/mol. The van der Waals surface area contributed by atoms with E-state index in [9.17, 15) is 0 Å². The van der Waals surface area contributed by atoms with Crippen LogP contribution in [0, 0.1) is 0 Å². The van der Waals surface area contributed by atoms with E-state index >= 15 is 0 Å². The Morgan fingerprint density at radius 1 is 0.714 bits per heavy atom. The molecule has 1 radical (unpaired) electrons. The van der Waals surface area contributed by atoms with Gasteiger partial charge in [-0.2, -0.15) is 15.6 Å². The van der Waals surface area contributed by atoms with Gasteiger partial charge in [-0.05, 0) is 0 Å². The third-order valence-electron chi connectivity index (χ3n) is 0. The Bertz CT molecular complexity index is 140. The van der Waals surface area contributed by atoms with E-state index < -0.39 is 15.6 Å². The predicted molar refractivity (Wildman–Crippen MR) is 15.2 cm³/mol. The van der Waals surface area contributed by atoms with Gasteiger partial charge in [0.15, 0.2) is 0 Å². The summed E-state index contributed by atoms with van der Waals surface area (Å²) >= 11 is 0. The summed E-state index contributed by atoms with van der Waals surface area (Å²) in [5.74, 6) is 0. The van der Waals surface area contributed by atoms with E-state index in [1.807, 2.05) is 0 Å². The first-order chi connectivity index (χ1) is 4.00. The summed E-state index contributed by atoms with van der Waals surface area (Å²) in [7, 11) is -10.8. The minimum Gasteiger partial charge on any atom is -0.822 e. The van der Waals surface area contributed by atoms with E-state index in [0.29, 0.717) is 0 Å². The van der Waals surface area contributed by atoms with Gasteiger partial charge in [-0.25, -0.2) is 0 Å². The fourth-order valence-corrected chi connectivity index (χ4v) is 0. The Labute approximate surface area is 135 Å². The quantitative estimate of drug-likeness (QED) is 0.311. The summed E-state index contributed by atoms with van der Waals surface area (Å²) in [5.41, 5.74) is 0. The van der Waals surface area contributed by atoms with Crippen LogP contribution in [-0.4, -0.2) is 0 Å². The summed E-state index contributed by atoms with van der Waals surface area (Å²) in [4.78, 5) is 51.3. The van der Waals surface area contributed by atoms with Crippen molar-refractivity contribution in [2.45, 2.75) is 0 Å². The van der Waals surface area contributed by atoms with Crippen LogP contribution in [0.15, 0.2) is 0 Å². The SMILES string of the molecule is O=P([O-])([O-])[O-].O=P([O-])([O-])[O-].[Fe+2].[Li+].[Mn+2].[Na+]. The van der Waals surface area contributed by atoms with Gasteiger partial charge in [0.1, 0.15) is 0 Å². The molecule has 8 nitrogen and oxygen atoms in total. The third kappa shape index (κ3) is 350. The van der Waals surface area contributed by atoms with Crippen molar-refractivity contribution < 1.29 is 121 Å². The molecular formula is FeLiMnNaO8P2. The van der Waals surface area contributed by atoms with Gasteiger partial charge in [0.05, 0.1) is 0 Å². The second kappa shape index (κ2) is 15.9. The summed E-state index contributed by atoms with van der Waals surface area (Å²) in [6, 6.07) is 0. The monoisotopic (exact) mass is 331 g/mol. The third-order valence-corrected chi connectivity index (χ3v) is 0. The van der Waals surface area contributed by atoms with Crippen molar-refractivity contribution in [2.75, 3.05) is 0 Å². The first-order valence-corrected chi connectivity index (χ1v) is 4.38. The van der Waals surface area contributed by atoms with Crippen LogP contribution >= 0.6 is 15.6 Å². The summed E-state index contributed by atoms with van der Waals surface area (Å²) in [6.45, 7) is 0. The molecule has 0 rings (SSSR count). The molecule has 0 heterocycles. The Morgan fingerprint density at radius 2 is 0.714 bits per heavy atom. The molecule has 0 aliphatic rings. The predicted octanol–water partition coefficient (Wildman–Crippen LogP) is -11.6. The first-order valence-electron chi connectivity index (χ1n) is 1.46. The molecule has 75 valence electrons. The molecule has 0 amide bonds. The van der Waals surface area contributed by atoms with E-state index in [0.717, 1.165) is 0 Å². The topological polar surface area (TPSA) is 172 Å². The van der Waals surface area contributed by atoms with Crippen LogP contribution in [0.2, 0.25) is 0 Å². The van der Waals surface area contributed by atoms with Crippen LogP contribution in [0.3, 0.4) is 0 Å².